The molecule has 2 amide bonds. The SMILES string of the molecule is CC(C)C(CNC(=O)N1CCN(C)C(C)(C)C1)C(=O)O. The number of piperazine rings is 1. The number of carbonyl (C=O) groups excluding carboxylic acids is 1. The van der Waals surface area contributed by atoms with Crippen LogP contribution in [0.1, 0.15) is 27.7 Å². The molecule has 20 heavy (non-hydrogen) atoms. The molecule has 0 spiro atoms. The van der Waals surface area contributed by atoms with Gasteiger partial charge in [0.25, 0.3) is 0 Å². The summed E-state index contributed by atoms with van der Waals surface area (Å²) in [7, 11) is 2.05. The van der Waals surface area contributed by atoms with Crippen LogP contribution in [0.4, 0.5) is 4.79 Å². The number of rotatable bonds is 4. The van der Waals surface area contributed by atoms with Gasteiger partial charge < -0.3 is 15.3 Å². The number of hydrogen-bond acceptors (Lipinski definition) is 3. The molecule has 116 valence electrons. The van der Waals surface area contributed by atoms with E-state index in [0.717, 1.165) is 6.54 Å². The summed E-state index contributed by atoms with van der Waals surface area (Å²) >= 11 is 0. The number of carbonyl (C=O) groups is 2. The van der Waals surface area contributed by atoms with Crippen molar-refractivity contribution in [2.75, 3.05) is 33.2 Å². The number of likely N-dealkylation sites (N-methyl/N-ethyl adjacent to an activating group) is 1. The molecule has 0 radical (unpaired) electrons. The molecule has 1 fully saturated rings. The quantitative estimate of drug-likeness (QED) is 0.810. The molecule has 1 aliphatic heterocycles. The normalized spacial score (nSPS) is 20.8. The monoisotopic (exact) mass is 285 g/mol. The second-order valence-corrected chi connectivity index (χ2v) is 6.53. The van der Waals surface area contributed by atoms with Gasteiger partial charge in [0.1, 0.15) is 0 Å². The van der Waals surface area contributed by atoms with Gasteiger partial charge in [-0.05, 0) is 26.8 Å². The smallest absolute Gasteiger partial charge is 0.317 e. The van der Waals surface area contributed by atoms with Gasteiger partial charge in [0.15, 0.2) is 0 Å². The maximum Gasteiger partial charge on any atom is 0.317 e. The fourth-order valence-corrected chi connectivity index (χ4v) is 2.33. The number of carboxylic acids is 1. The minimum absolute atomic E-state index is 0.00303. The van der Waals surface area contributed by atoms with Crippen molar-refractivity contribution in [3.8, 4) is 0 Å². The Hall–Kier alpha value is -1.30. The minimum Gasteiger partial charge on any atom is -0.481 e. The number of carboxylic acid groups (broad SMARTS) is 1. The summed E-state index contributed by atoms with van der Waals surface area (Å²) < 4.78 is 0. The Morgan fingerprint density at radius 3 is 2.35 bits per heavy atom. The van der Waals surface area contributed by atoms with Crippen LogP contribution < -0.4 is 5.32 Å². The fraction of sp³-hybridized carbons (Fsp3) is 0.857. The van der Waals surface area contributed by atoms with E-state index in [1.54, 1.807) is 4.90 Å². The highest BCUT2D eigenvalue weighted by Crippen LogP contribution is 2.18. The van der Waals surface area contributed by atoms with Gasteiger partial charge in [-0.3, -0.25) is 9.69 Å². The number of aliphatic carboxylic acids is 1. The molecule has 1 aliphatic rings. The van der Waals surface area contributed by atoms with Gasteiger partial charge in [-0.15, -0.1) is 0 Å². The van der Waals surface area contributed by atoms with Crippen LogP contribution in [0.2, 0.25) is 0 Å². The van der Waals surface area contributed by atoms with Crippen molar-refractivity contribution >= 4 is 12.0 Å². The molecule has 6 nitrogen and oxygen atoms in total. The van der Waals surface area contributed by atoms with Gasteiger partial charge in [0.2, 0.25) is 0 Å². The van der Waals surface area contributed by atoms with E-state index >= 15 is 0 Å². The Kier molecular flexibility index (Phi) is 5.39. The van der Waals surface area contributed by atoms with Crippen molar-refractivity contribution in [1.82, 2.24) is 15.1 Å². The van der Waals surface area contributed by atoms with E-state index in [-0.39, 0.29) is 24.0 Å². The molecular formula is C14H27N3O3. The Labute approximate surface area is 121 Å². The second-order valence-electron chi connectivity index (χ2n) is 6.53. The van der Waals surface area contributed by atoms with E-state index in [4.69, 9.17) is 5.11 Å². The molecule has 0 saturated carbocycles. The van der Waals surface area contributed by atoms with Crippen LogP contribution >= 0.6 is 0 Å². The van der Waals surface area contributed by atoms with Crippen molar-refractivity contribution in [3.63, 3.8) is 0 Å². The summed E-state index contributed by atoms with van der Waals surface area (Å²) in [6.07, 6.45) is 0. The Morgan fingerprint density at radius 1 is 1.30 bits per heavy atom. The molecule has 0 bridgehead atoms. The molecule has 2 N–H and O–H groups in total. The summed E-state index contributed by atoms with van der Waals surface area (Å²) in [5.41, 5.74) is -0.0557. The topological polar surface area (TPSA) is 72.9 Å². The van der Waals surface area contributed by atoms with E-state index in [1.165, 1.54) is 0 Å². The maximum atomic E-state index is 12.1. The molecule has 0 aliphatic carbocycles. The molecule has 1 rings (SSSR count). The lowest BCUT2D eigenvalue weighted by molar-refractivity contribution is -0.142. The van der Waals surface area contributed by atoms with Crippen molar-refractivity contribution < 1.29 is 14.7 Å². The molecule has 0 aromatic rings. The molecule has 1 heterocycles. The van der Waals surface area contributed by atoms with Crippen LogP contribution in [0.5, 0.6) is 0 Å². The second kappa shape index (κ2) is 6.43. The van der Waals surface area contributed by atoms with Crippen LogP contribution in [0.25, 0.3) is 0 Å². The fourth-order valence-electron chi connectivity index (χ4n) is 2.33. The number of nitrogens with one attached hydrogen (secondary N) is 1. The number of nitrogens with zero attached hydrogens (tertiary/aromatic N) is 2. The zero-order valence-corrected chi connectivity index (χ0v) is 13.1. The lowest BCUT2D eigenvalue weighted by Crippen LogP contribution is -2.60. The third-order valence-corrected chi connectivity index (χ3v) is 4.20. The van der Waals surface area contributed by atoms with E-state index < -0.39 is 11.9 Å². The third-order valence-electron chi connectivity index (χ3n) is 4.20. The molecule has 6 heteroatoms. The molecular weight excluding hydrogens is 258 g/mol. The zero-order chi connectivity index (χ0) is 15.5. The lowest BCUT2D eigenvalue weighted by Gasteiger charge is -2.45. The summed E-state index contributed by atoms with van der Waals surface area (Å²) in [4.78, 5) is 27.2. The van der Waals surface area contributed by atoms with Crippen LogP contribution in [0.3, 0.4) is 0 Å². The van der Waals surface area contributed by atoms with Crippen molar-refractivity contribution in [2.45, 2.75) is 33.2 Å². The van der Waals surface area contributed by atoms with Crippen LogP contribution in [-0.4, -0.2) is 65.7 Å². The molecule has 0 aromatic carbocycles. The van der Waals surface area contributed by atoms with Gasteiger partial charge in [-0.25, -0.2) is 4.79 Å². The van der Waals surface area contributed by atoms with E-state index in [0.29, 0.717) is 13.1 Å². The first-order chi connectivity index (χ1) is 9.15. The molecule has 1 unspecified atom stereocenters. The zero-order valence-electron chi connectivity index (χ0n) is 13.1. The summed E-state index contributed by atoms with van der Waals surface area (Å²) in [5, 5.41) is 11.9. The van der Waals surface area contributed by atoms with Crippen LogP contribution in [-0.2, 0) is 4.79 Å². The molecule has 0 aromatic heterocycles. The minimum atomic E-state index is -0.862. The highest BCUT2D eigenvalue weighted by molar-refractivity contribution is 5.76. The van der Waals surface area contributed by atoms with Gasteiger partial charge in [-0.1, -0.05) is 13.8 Å². The first kappa shape index (κ1) is 16.8. The van der Waals surface area contributed by atoms with Gasteiger partial charge in [0.05, 0.1) is 5.92 Å². The van der Waals surface area contributed by atoms with E-state index in [1.807, 2.05) is 13.8 Å². The lowest BCUT2D eigenvalue weighted by atomic mass is 9.96. The van der Waals surface area contributed by atoms with E-state index in [2.05, 4.69) is 31.1 Å². The van der Waals surface area contributed by atoms with Gasteiger partial charge in [0, 0.05) is 31.7 Å². The van der Waals surface area contributed by atoms with Crippen molar-refractivity contribution in [2.24, 2.45) is 11.8 Å². The summed E-state index contributed by atoms with van der Waals surface area (Å²) in [5.74, 6) is -1.41. The Bertz CT molecular complexity index is 369. The van der Waals surface area contributed by atoms with Crippen LogP contribution in [0, 0.1) is 11.8 Å². The Morgan fingerprint density at radius 2 is 1.90 bits per heavy atom. The number of amides is 2. The standard InChI is InChI=1S/C14H27N3O3/c1-10(2)11(12(18)19)8-15-13(20)17-7-6-16(5)14(3,4)9-17/h10-11H,6-9H2,1-5H3,(H,15,20)(H,18,19). The van der Waals surface area contributed by atoms with Crippen molar-refractivity contribution in [3.05, 3.63) is 0 Å². The van der Waals surface area contributed by atoms with Crippen molar-refractivity contribution in [1.29, 1.82) is 0 Å². The van der Waals surface area contributed by atoms with Gasteiger partial charge in [-0.2, -0.15) is 0 Å². The largest absolute Gasteiger partial charge is 0.481 e. The first-order valence-electron chi connectivity index (χ1n) is 7.12. The van der Waals surface area contributed by atoms with E-state index in [9.17, 15) is 9.59 Å². The van der Waals surface area contributed by atoms with Crippen LogP contribution in [0.15, 0.2) is 0 Å². The maximum absolute atomic E-state index is 12.1. The molecule has 1 atom stereocenters. The summed E-state index contributed by atoms with van der Waals surface area (Å²) in [6, 6.07) is -0.168. The number of urea groups is 1. The number of hydrogen-bond donors (Lipinski definition) is 2. The predicted molar refractivity (Wildman–Crippen MR) is 77.6 cm³/mol. The highest BCUT2D eigenvalue weighted by Gasteiger charge is 2.33. The highest BCUT2D eigenvalue weighted by atomic mass is 16.4. The predicted octanol–water partition coefficient (Wildman–Crippen LogP) is 1.08. The third kappa shape index (κ3) is 4.10. The Balaban J connectivity index is 2.53. The summed E-state index contributed by atoms with van der Waals surface area (Å²) in [6.45, 7) is 10.2. The average Bonchev–Trinajstić information content (AvgIpc) is 2.31. The van der Waals surface area contributed by atoms with Gasteiger partial charge >= 0.3 is 12.0 Å². The first-order valence-corrected chi connectivity index (χ1v) is 7.12. The average molecular weight is 285 g/mol. The molecule has 1 saturated heterocycles.